The summed E-state index contributed by atoms with van der Waals surface area (Å²) in [5.74, 6) is -1.03. The fourth-order valence-electron chi connectivity index (χ4n) is 2.24. The number of nitro groups is 1. The molecule has 1 aromatic carbocycles. The van der Waals surface area contributed by atoms with Gasteiger partial charge in [0.25, 0.3) is 0 Å². The molecule has 0 spiro atoms. The van der Waals surface area contributed by atoms with Gasteiger partial charge in [0.1, 0.15) is 11.9 Å². The van der Waals surface area contributed by atoms with Crippen molar-refractivity contribution in [1.29, 1.82) is 0 Å². The molecule has 1 aromatic heterocycles. The number of hydrogen-bond donors (Lipinski definition) is 0. The summed E-state index contributed by atoms with van der Waals surface area (Å²) in [4.78, 5) is 33.9. The van der Waals surface area contributed by atoms with Crippen molar-refractivity contribution in [3.05, 3.63) is 51.3 Å². The van der Waals surface area contributed by atoms with Gasteiger partial charge in [-0.25, -0.2) is 14.3 Å². The Morgan fingerprint density at radius 2 is 1.88 bits per heavy atom. The topological polar surface area (TPSA) is 123 Å². The number of nitrogens with zero attached hydrogens (tertiary/aromatic N) is 3. The zero-order valence-corrected chi connectivity index (χ0v) is 13.7. The average Bonchev–Trinajstić information content (AvgIpc) is 3.04. The Labute approximate surface area is 142 Å². The molecule has 10 nitrogen and oxygen atoms in total. The third-order valence-electron chi connectivity index (χ3n) is 3.42. The minimum Gasteiger partial charge on any atom is -0.496 e. The maximum absolute atomic E-state index is 11.9. The second-order valence-electron chi connectivity index (χ2n) is 4.80. The van der Waals surface area contributed by atoms with E-state index in [0.717, 1.165) is 18.0 Å². The van der Waals surface area contributed by atoms with Gasteiger partial charge < -0.3 is 14.2 Å². The SMILES string of the molecule is COC(=O)c1ccc(OC)c(Cn2ncc([N+](=O)[O-])c2C(=O)OC)c1. The Kier molecular flexibility index (Phi) is 5.32. The molecule has 1 heterocycles. The van der Waals surface area contributed by atoms with Crippen LogP contribution >= 0.6 is 0 Å². The van der Waals surface area contributed by atoms with Gasteiger partial charge in [0.05, 0.1) is 38.4 Å². The molecule has 0 aliphatic carbocycles. The number of aromatic nitrogens is 2. The smallest absolute Gasteiger partial charge is 0.363 e. The summed E-state index contributed by atoms with van der Waals surface area (Å²) in [7, 11) is 3.80. The summed E-state index contributed by atoms with van der Waals surface area (Å²) >= 11 is 0. The fraction of sp³-hybridized carbons (Fsp3) is 0.267. The van der Waals surface area contributed by atoms with Crippen molar-refractivity contribution in [2.45, 2.75) is 6.54 Å². The first-order valence-electron chi connectivity index (χ1n) is 6.96. The summed E-state index contributed by atoms with van der Waals surface area (Å²) in [6, 6.07) is 4.57. The van der Waals surface area contributed by atoms with Gasteiger partial charge in [-0.15, -0.1) is 0 Å². The van der Waals surface area contributed by atoms with E-state index in [0.29, 0.717) is 11.3 Å². The third kappa shape index (κ3) is 3.57. The highest BCUT2D eigenvalue weighted by Crippen LogP contribution is 2.25. The van der Waals surface area contributed by atoms with Crippen LogP contribution in [0.5, 0.6) is 5.75 Å². The Balaban J connectivity index is 2.50. The van der Waals surface area contributed by atoms with Gasteiger partial charge >= 0.3 is 17.6 Å². The molecule has 0 fully saturated rings. The lowest BCUT2D eigenvalue weighted by Crippen LogP contribution is -2.15. The molecular formula is C15H15N3O7. The summed E-state index contributed by atoms with van der Waals surface area (Å²) in [6.45, 7) is -0.0493. The number of rotatable bonds is 6. The van der Waals surface area contributed by atoms with Gasteiger partial charge in [-0.05, 0) is 18.2 Å². The molecule has 2 rings (SSSR count). The maximum Gasteiger partial charge on any atom is 0.363 e. The second-order valence-corrected chi connectivity index (χ2v) is 4.80. The molecule has 132 valence electrons. The van der Waals surface area contributed by atoms with Crippen molar-refractivity contribution >= 4 is 17.6 Å². The van der Waals surface area contributed by atoms with E-state index in [-0.39, 0.29) is 17.8 Å². The van der Waals surface area contributed by atoms with Crippen molar-refractivity contribution in [3.8, 4) is 5.75 Å². The van der Waals surface area contributed by atoms with E-state index in [9.17, 15) is 19.7 Å². The number of carbonyl (C=O) groups is 2. The molecule has 25 heavy (non-hydrogen) atoms. The largest absolute Gasteiger partial charge is 0.496 e. The Bertz CT molecular complexity index is 829. The lowest BCUT2D eigenvalue weighted by atomic mass is 10.1. The highest BCUT2D eigenvalue weighted by atomic mass is 16.6. The maximum atomic E-state index is 11.9. The molecule has 0 N–H and O–H groups in total. The third-order valence-corrected chi connectivity index (χ3v) is 3.42. The Morgan fingerprint density at radius 3 is 2.44 bits per heavy atom. The van der Waals surface area contributed by atoms with Crippen LogP contribution in [0.1, 0.15) is 26.4 Å². The molecule has 2 aromatic rings. The van der Waals surface area contributed by atoms with E-state index in [1.807, 2.05) is 0 Å². The monoisotopic (exact) mass is 349 g/mol. The van der Waals surface area contributed by atoms with Crippen molar-refractivity contribution in [3.63, 3.8) is 0 Å². The summed E-state index contributed by atoms with van der Waals surface area (Å²) < 4.78 is 15.6. The van der Waals surface area contributed by atoms with Gasteiger partial charge in [0.2, 0.25) is 5.69 Å². The van der Waals surface area contributed by atoms with Crippen LogP contribution < -0.4 is 4.74 Å². The fourth-order valence-corrected chi connectivity index (χ4v) is 2.24. The minimum absolute atomic E-state index is 0.0493. The predicted octanol–water partition coefficient (Wildman–Crippen LogP) is 1.42. The first-order valence-corrected chi connectivity index (χ1v) is 6.96. The number of carbonyl (C=O) groups excluding carboxylic acids is 2. The van der Waals surface area contributed by atoms with Crippen LogP contribution in [0.4, 0.5) is 5.69 Å². The molecule has 0 amide bonds. The Morgan fingerprint density at radius 1 is 1.20 bits per heavy atom. The lowest BCUT2D eigenvalue weighted by Gasteiger charge is -2.11. The van der Waals surface area contributed by atoms with E-state index in [2.05, 4.69) is 14.6 Å². The van der Waals surface area contributed by atoms with Crippen molar-refractivity contribution in [2.24, 2.45) is 0 Å². The molecular weight excluding hydrogens is 334 g/mol. The quantitative estimate of drug-likeness (QED) is 0.436. The molecule has 10 heteroatoms. The minimum atomic E-state index is -0.896. The molecule has 0 atom stereocenters. The molecule has 0 unspecified atom stereocenters. The first kappa shape index (κ1) is 17.9. The van der Waals surface area contributed by atoms with Gasteiger partial charge in [-0.2, -0.15) is 5.10 Å². The number of ether oxygens (including phenoxy) is 3. The summed E-state index contributed by atoms with van der Waals surface area (Å²) in [5.41, 5.74) is -0.0407. The van der Waals surface area contributed by atoms with Crippen LogP contribution in [0.25, 0.3) is 0 Å². The number of hydrogen-bond acceptors (Lipinski definition) is 8. The molecule has 0 aliphatic heterocycles. The molecule has 0 bridgehead atoms. The zero-order valence-electron chi connectivity index (χ0n) is 13.7. The van der Waals surface area contributed by atoms with Gasteiger partial charge in [0.15, 0.2) is 0 Å². The van der Waals surface area contributed by atoms with Gasteiger partial charge in [-0.1, -0.05) is 0 Å². The van der Waals surface area contributed by atoms with Crippen LogP contribution in [0.3, 0.4) is 0 Å². The van der Waals surface area contributed by atoms with Crippen LogP contribution in [-0.4, -0.2) is 48.0 Å². The highest BCUT2D eigenvalue weighted by molar-refractivity contribution is 5.92. The number of benzene rings is 1. The van der Waals surface area contributed by atoms with E-state index < -0.39 is 22.5 Å². The van der Waals surface area contributed by atoms with Crippen LogP contribution in [0, 0.1) is 10.1 Å². The van der Waals surface area contributed by atoms with E-state index in [1.54, 1.807) is 6.07 Å². The zero-order chi connectivity index (χ0) is 18.6. The normalized spacial score (nSPS) is 10.2. The van der Waals surface area contributed by atoms with Crippen molar-refractivity contribution in [1.82, 2.24) is 9.78 Å². The van der Waals surface area contributed by atoms with Gasteiger partial charge in [-0.3, -0.25) is 10.1 Å². The standard InChI is InChI=1S/C15H15N3O7/c1-23-12-5-4-9(14(19)24-2)6-10(12)8-17-13(15(20)25-3)11(7-16-17)18(21)22/h4-7H,8H2,1-3H3. The van der Waals surface area contributed by atoms with Crippen molar-refractivity contribution < 1.29 is 28.7 Å². The lowest BCUT2D eigenvalue weighted by molar-refractivity contribution is -0.385. The predicted molar refractivity (Wildman–Crippen MR) is 83.7 cm³/mol. The molecule has 0 aliphatic rings. The van der Waals surface area contributed by atoms with Crippen LogP contribution in [-0.2, 0) is 16.0 Å². The van der Waals surface area contributed by atoms with Gasteiger partial charge in [0, 0.05) is 5.56 Å². The number of methoxy groups -OCH3 is 3. The molecule has 0 saturated carbocycles. The van der Waals surface area contributed by atoms with Crippen LogP contribution in [0.2, 0.25) is 0 Å². The van der Waals surface area contributed by atoms with E-state index >= 15 is 0 Å². The van der Waals surface area contributed by atoms with Crippen molar-refractivity contribution in [2.75, 3.05) is 21.3 Å². The summed E-state index contributed by atoms with van der Waals surface area (Å²) in [5, 5.41) is 14.9. The highest BCUT2D eigenvalue weighted by Gasteiger charge is 2.28. The average molecular weight is 349 g/mol. The van der Waals surface area contributed by atoms with E-state index in [1.165, 1.54) is 26.4 Å². The summed E-state index contributed by atoms with van der Waals surface area (Å²) in [6.07, 6.45) is 0.961. The molecule has 0 saturated heterocycles. The number of esters is 2. The second kappa shape index (κ2) is 7.43. The van der Waals surface area contributed by atoms with Crippen LogP contribution in [0.15, 0.2) is 24.4 Å². The van der Waals surface area contributed by atoms with E-state index in [4.69, 9.17) is 4.74 Å². The Hall–Kier alpha value is -3.43. The molecule has 0 radical (unpaired) electrons. The first-order chi connectivity index (χ1) is 11.9.